The van der Waals surface area contributed by atoms with Gasteiger partial charge in [0.25, 0.3) is 0 Å². The molecule has 21 heavy (non-hydrogen) atoms. The monoisotopic (exact) mass is 327 g/mol. The van der Waals surface area contributed by atoms with Crippen molar-refractivity contribution in [3.63, 3.8) is 0 Å². The second-order valence-electron chi connectivity index (χ2n) is 4.15. The number of nitrogens with zero attached hydrogens (tertiary/aromatic N) is 3. The van der Waals surface area contributed by atoms with Crippen molar-refractivity contribution in [3.05, 3.63) is 34.8 Å². The summed E-state index contributed by atoms with van der Waals surface area (Å²) in [6, 6.07) is 7.08. The maximum Gasteiger partial charge on any atom is 0.305 e. The molecule has 1 N–H and O–H groups in total. The molecule has 6 nitrogen and oxygen atoms in total. The van der Waals surface area contributed by atoms with Crippen LogP contribution in [0, 0.1) is 0 Å². The van der Waals surface area contributed by atoms with Crippen molar-refractivity contribution < 1.29 is 14.6 Å². The number of carboxylic acids is 1. The van der Waals surface area contributed by atoms with E-state index in [-0.39, 0.29) is 6.42 Å². The molecule has 1 heterocycles. The molecule has 112 valence electrons. The smallest absolute Gasteiger partial charge is 0.305 e. The molecule has 2 rings (SSSR count). The first-order chi connectivity index (χ1) is 10.1. The fraction of sp³-hybridized carbons (Fsp3) is 0.308. The molecule has 0 spiro atoms. The fourth-order valence-corrected chi connectivity index (χ4v) is 2.38. The quantitative estimate of drug-likeness (QED) is 0.803. The molecule has 0 bridgehead atoms. The number of aromatic nitrogens is 2. The first-order valence-electron chi connectivity index (χ1n) is 6.26. The van der Waals surface area contributed by atoms with Crippen molar-refractivity contribution >= 4 is 34.0 Å². The summed E-state index contributed by atoms with van der Waals surface area (Å²) >= 11 is 7.17. The Balaban J connectivity index is 1.86. The van der Waals surface area contributed by atoms with E-state index in [0.717, 1.165) is 5.75 Å². The van der Waals surface area contributed by atoms with Crippen molar-refractivity contribution in [2.45, 2.75) is 6.42 Å². The number of aliphatic carboxylic acids is 1. The SMILES string of the molecule is O=C(O)CCN(CCOc1ccc(Cl)cc1)c1nncs1. The van der Waals surface area contributed by atoms with Crippen LogP contribution in [-0.4, -0.2) is 41.0 Å². The molecule has 2 aromatic rings. The van der Waals surface area contributed by atoms with Crippen LogP contribution in [0.5, 0.6) is 5.75 Å². The molecule has 8 heteroatoms. The average molecular weight is 328 g/mol. The molecular weight excluding hydrogens is 314 g/mol. The number of rotatable bonds is 8. The van der Waals surface area contributed by atoms with Gasteiger partial charge >= 0.3 is 5.97 Å². The Kier molecular flexibility index (Phi) is 5.77. The molecule has 0 saturated heterocycles. The predicted molar refractivity (Wildman–Crippen MR) is 81.3 cm³/mol. The minimum Gasteiger partial charge on any atom is -0.492 e. The minimum atomic E-state index is -0.844. The molecule has 0 radical (unpaired) electrons. The zero-order valence-corrected chi connectivity index (χ0v) is 12.7. The lowest BCUT2D eigenvalue weighted by atomic mass is 10.3. The van der Waals surface area contributed by atoms with Gasteiger partial charge in [-0.25, -0.2) is 0 Å². The summed E-state index contributed by atoms with van der Waals surface area (Å²) < 4.78 is 5.61. The summed E-state index contributed by atoms with van der Waals surface area (Å²) in [5, 5.41) is 17.9. The Bertz CT molecular complexity index is 563. The van der Waals surface area contributed by atoms with Gasteiger partial charge in [0.2, 0.25) is 5.13 Å². The highest BCUT2D eigenvalue weighted by Gasteiger charge is 2.11. The van der Waals surface area contributed by atoms with Gasteiger partial charge < -0.3 is 14.7 Å². The van der Waals surface area contributed by atoms with Crippen molar-refractivity contribution in [3.8, 4) is 5.75 Å². The van der Waals surface area contributed by atoms with Crippen molar-refractivity contribution in [1.29, 1.82) is 0 Å². The van der Waals surface area contributed by atoms with E-state index in [9.17, 15) is 4.79 Å². The van der Waals surface area contributed by atoms with Gasteiger partial charge in [0.1, 0.15) is 17.9 Å². The Morgan fingerprint density at radius 3 is 2.71 bits per heavy atom. The third-order valence-electron chi connectivity index (χ3n) is 2.66. The average Bonchev–Trinajstić information content (AvgIpc) is 2.98. The highest BCUT2D eigenvalue weighted by Crippen LogP contribution is 2.17. The van der Waals surface area contributed by atoms with Gasteiger partial charge in [-0.3, -0.25) is 4.79 Å². The minimum absolute atomic E-state index is 0.0422. The molecule has 1 aromatic heterocycles. The topological polar surface area (TPSA) is 75.5 Å². The van der Waals surface area contributed by atoms with Crippen LogP contribution in [-0.2, 0) is 4.79 Å². The van der Waals surface area contributed by atoms with Crippen LogP contribution in [0.15, 0.2) is 29.8 Å². The van der Waals surface area contributed by atoms with Crippen molar-refractivity contribution in [2.75, 3.05) is 24.6 Å². The van der Waals surface area contributed by atoms with E-state index in [2.05, 4.69) is 10.2 Å². The van der Waals surface area contributed by atoms with Crippen molar-refractivity contribution in [2.24, 2.45) is 0 Å². The summed E-state index contributed by atoms with van der Waals surface area (Å²) in [6.45, 7) is 1.32. The number of benzene rings is 1. The van der Waals surface area contributed by atoms with E-state index < -0.39 is 5.97 Å². The summed E-state index contributed by atoms with van der Waals surface area (Å²) in [4.78, 5) is 12.5. The van der Waals surface area contributed by atoms with Crippen LogP contribution in [0.25, 0.3) is 0 Å². The summed E-state index contributed by atoms with van der Waals surface area (Å²) in [5.41, 5.74) is 1.61. The molecule has 0 unspecified atom stereocenters. The summed E-state index contributed by atoms with van der Waals surface area (Å²) in [6.07, 6.45) is 0.0422. The molecule has 0 aliphatic carbocycles. The molecule has 0 atom stereocenters. The molecule has 0 fully saturated rings. The van der Waals surface area contributed by atoms with Crippen molar-refractivity contribution in [1.82, 2.24) is 10.2 Å². The predicted octanol–water partition coefficient (Wildman–Crippen LogP) is 2.55. The summed E-state index contributed by atoms with van der Waals surface area (Å²) in [7, 11) is 0. The fourth-order valence-electron chi connectivity index (χ4n) is 1.64. The maximum absolute atomic E-state index is 10.7. The molecule has 0 aliphatic rings. The first kappa shape index (κ1) is 15.5. The number of carbonyl (C=O) groups is 1. The second kappa shape index (κ2) is 7.80. The van der Waals surface area contributed by atoms with Gasteiger partial charge in [-0.15, -0.1) is 10.2 Å². The van der Waals surface area contributed by atoms with Crippen LogP contribution in [0.4, 0.5) is 5.13 Å². The normalized spacial score (nSPS) is 10.3. The highest BCUT2D eigenvalue weighted by molar-refractivity contribution is 7.13. The molecule has 0 aliphatic heterocycles. The van der Waals surface area contributed by atoms with Gasteiger partial charge in [-0.2, -0.15) is 0 Å². The largest absolute Gasteiger partial charge is 0.492 e. The first-order valence-corrected chi connectivity index (χ1v) is 7.52. The lowest BCUT2D eigenvalue weighted by Gasteiger charge is -2.20. The van der Waals surface area contributed by atoms with Gasteiger partial charge in [0, 0.05) is 11.6 Å². The number of ether oxygens (including phenoxy) is 1. The summed E-state index contributed by atoms with van der Waals surface area (Å²) in [5.74, 6) is -0.127. The third-order valence-corrected chi connectivity index (χ3v) is 3.66. The molecular formula is C13H14ClN3O3S. The van der Waals surface area contributed by atoms with E-state index in [0.29, 0.717) is 29.9 Å². The zero-order chi connectivity index (χ0) is 15.1. The van der Waals surface area contributed by atoms with E-state index in [4.69, 9.17) is 21.4 Å². The van der Waals surface area contributed by atoms with E-state index in [1.807, 2.05) is 4.90 Å². The van der Waals surface area contributed by atoms with Crippen LogP contribution in [0.3, 0.4) is 0 Å². The molecule has 0 saturated carbocycles. The lowest BCUT2D eigenvalue weighted by Crippen LogP contribution is -2.30. The highest BCUT2D eigenvalue weighted by atomic mass is 35.5. The third kappa shape index (κ3) is 5.20. The Labute approximate surface area is 130 Å². The van der Waals surface area contributed by atoms with E-state index >= 15 is 0 Å². The number of hydrogen-bond acceptors (Lipinski definition) is 6. The number of anilines is 1. The van der Waals surface area contributed by atoms with Gasteiger partial charge in [-0.1, -0.05) is 22.9 Å². The van der Waals surface area contributed by atoms with Crippen LogP contribution in [0.2, 0.25) is 5.02 Å². The van der Waals surface area contributed by atoms with Gasteiger partial charge in [-0.05, 0) is 24.3 Å². The standard InChI is InChI=1S/C13H14ClN3O3S/c14-10-1-3-11(4-2-10)20-8-7-17(6-5-12(18)19)13-16-15-9-21-13/h1-4,9H,5-8H2,(H,18,19). The lowest BCUT2D eigenvalue weighted by molar-refractivity contribution is -0.136. The number of carboxylic acid groups (broad SMARTS) is 1. The van der Waals surface area contributed by atoms with Crippen LogP contribution < -0.4 is 9.64 Å². The Hall–Kier alpha value is -1.86. The van der Waals surface area contributed by atoms with Gasteiger partial charge in [0.15, 0.2) is 0 Å². The molecule has 0 amide bonds. The Morgan fingerprint density at radius 2 is 2.10 bits per heavy atom. The van der Waals surface area contributed by atoms with E-state index in [1.165, 1.54) is 11.3 Å². The molecule has 1 aromatic carbocycles. The zero-order valence-electron chi connectivity index (χ0n) is 11.1. The maximum atomic E-state index is 10.7. The second-order valence-corrected chi connectivity index (χ2v) is 5.40. The van der Waals surface area contributed by atoms with E-state index in [1.54, 1.807) is 29.8 Å². The Morgan fingerprint density at radius 1 is 1.33 bits per heavy atom. The van der Waals surface area contributed by atoms with Crippen LogP contribution in [0.1, 0.15) is 6.42 Å². The van der Waals surface area contributed by atoms with Crippen LogP contribution >= 0.6 is 22.9 Å². The number of halogens is 1. The number of hydrogen-bond donors (Lipinski definition) is 1. The van der Waals surface area contributed by atoms with Gasteiger partial charge in [0.05, 0.1) is 13.0 Å².